The van der Waals surface area contributed by atoms with Gasteiger partial charge in [0, 0.05) is 23.6 Å². The maximum absolute atomic E-state index is 12.5. The van der Waals surface area contributed by atoms with Crippen LogP contribution in [0.25, 0.3) is 0 Å². The van der Waals surface area contributed by atoms with Crippen molar-refractivity contribution < 1.29 is 9.72 Å². The quantitative estimate of drug-likeness (QED) is 0.470. The zero-order chi connectivity index (χ0) is 17.9. The van der Waals surface area contributed by atoms with Gasteiger partial charge in [0.2, 0.25) is 0 Å². The van der Waals surface area contributed by atoms with Crippen molar-refractivity contribution in [1.29, 1.82) is 5.26 Å². The lowest BCUT2D eigenvalue weighted by molar-refractivity contribution is -0.385. The summed E-state index contributed by atoms with van der Waals surface area (Å²) in [7, 11) is 0. The molecule has 0 aliphatic rings. The first-order chi connectivity index (χ1) is 11.2. The third-order valence-corrected chi connectivity index (χ3v) is 4.02. The number of hydrogen-bond donors (Lipinski definition) is 0. The zero-order valence-electron chi connectivity index (χ0n) is 13.9. The largest absolute Gasteiger partial charge is 0.294 e. The Hall–Kier alpha value is -3.00. The number of nitrogens with zero attached hydrogens (tertiary/aromatic N) is 2. The smallest absolute Gasteiger partial charge is 0.272 e. The minimum atomic E-state index is -0.682. The Kier molecular flexibility index (Phi) is 4.79. The molecule has 0 amide bonds. The van der Waals surface area contributed by atoms with Crippen LogP contribution >= 0.6 is 0 Å². The summed E-state index contributed by atoms with van der Waals surface area (Å²) in [5, 5.41) is 20.2. The van der Waals surface area contributed by atoms with E-state index in [0.717, 1.165) is 5.56 Å². The summed E-state index contributed by atoms with van der Waals surface area (Å²) in [4.78, 5) is 23.1. The van der Waals surface area contributed by atoms with Crippen LogP contribution in [-0.4, -0.2) is 10.7 Å². The average Bonchev–Trinajstić information content (AvgIpc) is 2.56. The highest BCUT2D eigenvalue weighted by atomic mass is 16.6. The number of hydrogen-bond acceptors (Lipinski definition) is 4. The van der Waals surface area contributed by atoms with E-state index < -0.39 is 10.3 Å². The fourth-order valence-corrected chi connectivity index (χ4v) is 2.40. The molecule has 2 rings (SSSR count). The normalized spacial score (nSPS) is 10.9. The molecule has 5 heteroatoms. The molecule has 0 atom stereocenters. The fraction of sp³-hybridized carbons (Fsp3) is 0.263. The third kappa shape index (κ3) is 3.66. The van der Waals surface area contributed by atoms with Crippen molar-refractivity contribution in [1.82, 2.24) is 0 Å². The number of nitriles is 1. The number of carbonyl (C=O) groups is 1. The Labute approximate surface area is 140 Å². The Morgan fingerprint density at radius 1 is 1.25 bits per heavy atom. The molecule has 24 heavy (non-hydrogen) atoms. The summed E-state index contributed by atoms with van der Waals surface area (Å²) in [5.74, 6) is -0.135. The highest BCUT2D eigenvalue weighted by Crippen LogP contribution is 2.24. The molecule has 2 aromatic carbocycles. The van der Waals surface area contributed by atoms with Gasteiger partial charge in [0.1, 0.15) is 0 Å². The lowest BCUT2D eigenvalue weighted by Crippen LogP contribution is -2.15. The van der Waals surface area contributed by atoms with Crippen LogP contribution in [-0.2, 0) is 11.8 Å². The molecule has 0 spiro atoms. The maximum Gasteiger partial charge on any atom is 0.272 e. The summed E-state index contributed by atoms with van der Waals surface area (Å²) in [5.41, 5.74) is 1.76. The monoisotopic (exact) mass is 322 g/mol. The second-order valence-electron chi connectivity index (χ2n) is 6.30. The van der Waals surface area contributed by atoms with Crippen LogP contribution in [0.3, 0.4) is 0 Å². The molecular weight excluding hydrogens is 304 g/mol. The van der Waals surface area contributed by atoms with E-state index in [2.05, 4.69) is 6.07 Å². The predicted molar refractivity (Wildman–Crippen MR) is 90.9 cm³/mol. The van der Waals surface area contributed by atoms with Crippen molar-refractivity contribution in [2.45, 2.75) is 32.6 Å². The van der Waals surface area contributed by atoms with Gasteiger partial charge in [-0.25, -0.2) is 0 Å². The third-order valence-electron chi connectivity index (χ3n) is 4.02. The molecule has 0 N–H and O–H groups in total. The van der Waals surface area contributed by atoms with Crippen LogP contribution < -0.4 is 0 Å². The van der Waals surface area contributed by atoms with Gasteiger partial charge in [-0.3, -0.25) is 14.9 Å². The maximum atomic E-state index is 12.5. The fourth-order valence-electron chi connectivity index (χ4n) is 2.40. The average molecular weight is 322 g/mol. The van der Waals surface area contributed by atoms with Crippen molar-refractivity contribution in [2.24, 2.45) is 0 Å². The molecule has 0 aliphatic carbocycles. The first-order valence-electron chi connectivity index (χ1n) is 7.53. The van der Waals surface area contributed by atoms with Crippen LogP contribution in [0, 0.1) is 28.4 Å². The van der Waals surface area contributed by atoms with E-state index in [1.54, 1.807) is 51.1 Å². The SMILES string of the molecule is Cc1ccc(CC(=O)c2cccc(C(C)(C)C#N)c2)cc1[N+](=O)[O-]. The van der Waals surface area contributed by atoms with E-state index in [1.807, 2.05) is 6.07 Å². The summed E-state index contributed by atoms with van der Waals surface area (Å²) in [6.45, 7) is 5.25. The van der Waals surface area contributed by atoms with Crippen molar-refractivity contribution in [2.75, 3.05) is 0 Å². The van der Waals surface area contributed by atoms with Crippen molar-refractivity contribution >= 4 is 11.5 Å². The second-order valence-corrected chi connectivity index (χ2v) is 6.30. The van der Waals surface area contributed by atoms with Crippen LogP contribution in [0.2, 0.25) is 0 Å². The van der Waals surface area contributed by atoms with E-state index in [4.69, 9.17) is 0 Å². The molecule has 0 bridgehead atoms. The van der Waals surface area contributed by atoms with E-state index in [1.165, 1.54) is 6.07 Å². The van der Waals surface area contributed by atoms with Gasteiger partial charge in [0.25, 0.3) is 5.69 Å². The Morgan fingerprint density at radius 3 is 2.58 bits per heavy atom. The molecule has 0 saturated carbocycles. The number of rotatable bonds is 5. The van der Waals surface area contributed by atoms with Gasteiger partial charge in [0.15, 0.2) is 5.78 Å². The number of aryl methyl sites for hydroxylation is 1. The first kappa shape index (κ1) is 17.4. The molecule has 0 radical (unpaired) electrons. The molecule has 122 valence electrons. The van der Waals surface area contributed by atoms with Crippen LogP contribution in [0.5, 0.6) is 0 Å². The van der Waals surface area contributed by atoms with Crippen molar-refractivity contribution in [3.05, 3.63) is 74.8 Å². The van der Waals surface area contributed by atoms with Gasteiger partial charge in [0.05, 0.1) is 16.4 Å². The predicted octanol–water partition coefficient (Wildman–Crippen LogP) is 4.13. The van der Waals surface area contributed by atoms with E-state index in [0.29, 0.717) is 16.7 Å². The van der Waals surface area contributed by atoms with Gasteiger partial charge in [-0.05, 0) is 38.0 Å². The van der Waals surface area contributed by atoms with Gasteiger partial charge in [-0.1, -0.05) is 30.3 Å². The van der Waals surface area contributed by atoms with Crippen LogP contribution in [0.15, 0.2) is 42.5 Å². The number of nitro groups is 1. The molecule has 0 heterocycles. The summed E-state index contributed by atoms with van der Waals surface area (Å²) in [6, 6.07) is 14.0. The summed E-state index contributed by atoms with van der Waals surface area (Å²) < 4.78 is 0. The van der Waals surface area contributed by atoms with Gasteiger partial charge < -0.3 is 0 Å². The Balaban J connectivity index is 2.28. The van der Waals surface area contributed by atoms with Crippen LogP contribution in [0.4, 0.5) is 5.69 Å². The number of nitro benzene ring substituents is 1. The van der Waals surface area contributed by atoms with Crippen molar-refractivity contribution in [3.63, 3.8) is 0 Å². The highest BCUT2D eigenvalue weighted by molar-refractivity contribution is 5.97. The molecule has 0 unspecified atom stereocenters. The molecule has 0 aliphatic heterocycles. The van der Waals surface area contributed by atoms with Crippen molar-refractivity contribution in [3.8, 4) is 6.07 Å². The van der Waals surface area contributed by atoms with E-state index >= 15 is 0 Å². The number of benzene rings is 2. The summed E-state index contributed by atoms with van der Waals surface area (Å²) >= 11 is 0. The van der Waals surface area contributed by atoms with Crippen LogP contribution in [0.1, 0.15) is 40.9 Å². The van der Waals surface area contributed by atoms with E-state index in [9.17, 15) is 20.2 Å². The second kappa shape index (κ2) is 6.63. The highest BCUT2D eigenvalue weighted by Gasteiger charge is 2.21. The number of carbonyl (C=O) groups excluding carboxylic acids is 1. The lowest BCUT2D eigenvalue weighted by Gasteiger charge is -2.16. The molecule has 2 aromatic rings. The first-order valence-corrected chi connectivity index (χ1v) is 7.53. The minimum absolute atomic E-state index is 0.0136. The zero-order valence-corrected chi connectivity index (χ0v) is 13.9. The van der Waals surface area contributed by atoms with Gasteiger partial charge in [-0.2, -0.15) is 5.26 Å². The number of ketones is 1. The standard InChI is InChI=1S/C19H18N2O3/c1-13-7-8-14(9-17(13)21(23)24)10-18(22)15-5-4-6-16(11-15)19(2,3)12-20/h4-9,11H,10H2,1-3H3. The molecule has 0 fully saturated rings. The molecule has 5 nitrogen and oxygen atoms in total. The molecule has 0 aromatic heterocycles. The minimum Gasteiger partial charge on any atom is -0.294 e. The molecular formula is C19H18N2O3. The number of Topliss-reactive ketones (excluding diaryl/α,β-unsaturated/α-hetero) is 1. The summed E-state index contributed by atoms with van der Waals surface area (Å²) in [6.07, 6.45) is 0.0809. The lowest BCUT2D eigenvalue weighted by atomic mass is 9.85. The Morgan fingerprint density at radius 2 is 1.96 bits per heavy atom. The Bertz CT molecular complexity index is 848. The van der Waals surface area contributed by atoms with Gasteiger partial charge in [-0.15, -0.1) is 0 Å². The topological polar surface area (TPSA) is 84.0 Å². The van der Waals surface area contributed by atoms with E-state index in [-0.39, 0.29) is 17.9 Å². The molecule has 0 saturated heterocycles. The van der Waals surface area contributed by atoms with Gasteiger partial charge >= 0.3 is 0 Å².